The minimum absolute atomic E-state index is 0.130. The smallest absolute Gasteiger partial charge is 0.423 e. The number of hydrogen-bond donors (Lipinski definition) is 4. The lowest BCUT2D eigenvalue weighted by atomic mass is 9.80. The first kappa shape index (κ1) is 12.7. The maximum atomic E-state index is 11.4. The Bertz CT molecular complexity index is 358. The van der Waals surface area contributed by atoms with Crippen LogP contribution in [-0.4, -0.2) is 29.6 Å². The van der Waals surface area contributed by atoms with E-state index in [1.807, 2.05) is 0 Å². The Morgan fingerprint density at radius 3 is 2.81 bits per heavy atom. The summed E-state index contributed by atoms with van der Waals surface area (Å²) in [5.74, 6) is -0.130. The zero-order valence-corrected chi connectivity index (χ0v) is 8.89. The molecule has 16 heavy (non-hydrogen) atoms. The summed E-state index contributed by atoms with van der Waals surface area (Å²) in [7, 11) is -1.53. The Balaban J connectivity index is 2.59. The van der Waals surface area contributed by atoms with E-state index in [4.69, 9.17) is 15.8 Å². The summed E-state index contributed by atoms with van der Waals surface area (Å²) < 4.78 is 0. The van der Waals surface area contributed by atoms with Gasteiger partial charge < -0.3 is 21.1 Å². The van der Waals surface area contributed by atoms with Crippen LogP contribution in [0.5, 0.6) is 0 Å². The van der Waals surface area contributed by atoms with Gasteiger partial charge in [0.1, 0.15) is 0 Å². The van der Waals surface area contributed by atoms with Crippen molar-refractivity contribution in [1.29, 1.82) is 0 Å². The van der Waals surface area contributed by atoms with Gasteiger partial charge in [0.05, 0.1) is 0 Å². The van der Waals surface area contributed by atoms with Crippen LogP contribution in [0.25, 0.3) is 0 Å². The molecule has 0 heterocycles. The predicted molar refractivity (Wildman–Crippen MR) is 63.2 cm³/mol. The van der Waals surface area contributed by atoms with Crippen molar-refractivity contribution < 1.29 is 14.8 Å². The van der Waals surface area contributed by atoms with Gasteiger partial charge >= 0.3 is 7.12 Å². The molecule has 0 saturated carbocycles. The topological polar surface area (TPSA) is 95.6 Å². The third-order valence-corrected chi connectivity index (χ3v) is 2.08. The third kappa shape index (κ3) is 4.02. The molecule has 1 amide bonds. The van der Waals surface area contributed by atoms with Gasteiger partial charge in [0, 0.05) is 12.1 Å². The van der Waals surface area contributed by atoms with Crippen LogP contribution in [-0.2, 0) is 4.79 Å². The highest BCUT2D eigenvalue weighted by Crippen LogP contribution is 2.05. The van der Waals surface area contributed by atoms with E-state index in [0.717, 1.165) is 0 Å². The van der Waals surface area contributed by atoms with E-state index in [-0.39, 0.29) is 5.91 Å². The molecule has 0 aliphatic rings. The number of rotatable bonds is 5. The fourth-order valence-electron chi connectivity index (χ4n) is 1.26. The largest absolute Gasteiger partial charge is 0.488 e. The van der Waals surface area contributed by atoms with Crippen molar-refractivity contribution in [2.45, 2.75) is 12.8 Å². The molecule has 0 aliphatic heterocycles. The molecule has 1 aromatic carbocycles. The van der Waals surface area contributed by atoms with E-state index >= 15 is 0 Å². The molecule has 0 spiro atoms. The van der Waals surface area contributed by atoms with Gasteiger partial charge in [-0.3, -0.25) is 4.79 Å². The molecule has 0 radical (unpaired) electrons. The van der Waals surface area contributed by atoms with Crippen LogP contribution in [0.2, 0.25) is 0 Å². The van der Waals surface area contributed by atoms with Crippen LogP contribution in [0.3, 0.4) is 0 Å². The van der Waals surface area contributed by atoms with Crippen molar-refractivity contribution in [3.05, 3.63) is 24.3 Å². The minimum atomic E-state index is -1.53. The quantitative estimate of drug-likeness (QED) is 0.482. The van der Waals surface area contributed by atoms with Crippen LogP contribution in [0.1, 0.15) is 12.8 Å². The zero-order valence-electron chi connectivity index (χ0n) is 8.89. The number of anilines is 1. The number of carbonyl (C=O) groups is 1. The van der Waals surface area contributed by atoms with E-state index < -0.39 is 7.12 Å². The maximum Gasteiger partial charge on any atom is 0.488 e. The number of nitrogens with two attached hydrogens (primary N) is 1. The SMILES string of the molecule is NCCCC(=O)Nc1cccc(B(O)O)c1. The second kappa shape index (κ2) is 6.27. The van der Waals surface area contributed by atoms with E-state index in [1.54, 1.807) is 18.2 Å². The first-order valence-electron chi connectivity index (χ1n) is 5.09. The van der Waals surface area contributed by atoms with Gasteiger partial charge in [0.2, 0.25) is 5.91 Å². The monoisotopic (exact) mass is 222 g/mol. The molecule has 0 saturated heterocycles. The summed E-state index contributed by atoms with van der Waals surface area (Å²) >= 11 is 0. The summed E-state index contributed by atoms with van der Waals surface area (Å²) in [6, 6.07) is 6.42. The molecule has 1 aromatic rings. The van der Waals surface area contributed by atoms with E-state index in [2.05, 4.69) is 5.32 Å². The molecule has 0 aliphatic carbocycles. The van der Waals surface area contributed by atoms with Crippen molar-refractivity contribution in [2.24, 2.45) is 5.73 Å². The second-order valence-corrected chi connectivity index (χ2v) is 3.44. The van der Waals surface area contributed by atoms with E-state index in [1.165, 1.54) is 6.07 Å². The first-order valence-corrected chi connectivity index (χ1v) is 5.09. The molecule has 0 aromatic heterocycles. The Morgan fingerprint density at radius 1 is 1.44 bits per heavy atom. The average Bonchev–Trinajstić information content (AvgIpc) is 2.26. The lowest BCUT2D eigenvalue weighted by Crippen LogP contribution is -2.30. The van der Waals surface area contributed by atoms with Crippen molar-refractivity contribution >= 4 is 24.2 Å². The van der Waals surface area contributed by atoms with Gasteiger partial charge in [-0.2, -0.15) is 0 Å². The fraction of sp³-hybridized carbons (Fsp3) is 0.300. The molecule has 5 N–H and O–H groups in total. The van der Waals surface area contributed by atoms with Crippen LogP contribution < -0.4 is 16.5 Å². The van der Waals surface area contributed by atoms with Gasteiger partial charge in [-0.25, -0.2) is 0 Å². The Hall–Kier alpha value is -1.37. The normalized spacial score (nSPS) is 9.94. The highest BCUT2D eigenvalue weighted by atomic mass is 16.4. The summed E-state index contributed by atoms with van der Waals surface area (Å²) in [6.45, 7) is 0.475. The van der Waals surface area contributed by atoms with Crippen LogP contribution in [0, 0.1) is 0 Å². The summed E-state index contributed by atoms with van der Waals surface area (Å²) in [5, 5.41) is 20.6. The molecule has 6 heteroatoms. The third-order valence-electron chi connectivity index (χ3n) is 2.08. The Kier molecular flexibility index (Phi) is 4.98. The van der Waals surface area contributed by atoms with Crippen molar-refractivity contribution in [2.75, 3.05) is 11.9 Å². The van der Waals surface area contributed by atoms with Crippen molar-refractivity contribution in [3.63, 3.8) is 0 Å². The minimum Gasteiger partial charge on any atom is -0.423 e. The van der Waals surface area contributed by atoms with Gasteiger partial charge in [-0.15, -0.1) is 0 Å². The second-order valence-electron chi connectivity index (χ2n) is 3.44. The fourth-order valence-corrected chi connectivity index (χ4v) is 1.26. The lowest BCUT2D eigenvalue weighted by molar-refractivity contribution is -0.116. The molecule has 0 atom stereocenters. The molecule has 86 valence electrons. The van der Waals surface area contributed by atoms with Crippen LogP contribution in [0.15, 0.2) is 24.3 Å². The highest BCUT2D eigenvalue weighted by Gasteiger charge is 2.11. The lowest BCUT2D eigenvalue weighted by Gasteiger charge is -2.06. The van der Waals surface area contributed by atoms with Crippen molar-refractivity contribution in [3.8, 4) is 0 Å². The van der Waals surface area contributed by atoms with Gasteiger partial charge in [-0.1, -0.05) is 12.1 Å². The highest BCUT2D eigenvalue weighted by molar-refractivity contribution is 6.58. The van der Waals surface area contributed by atoms with Gasteiger partial charge in [-0.05, 0) is 30.6 Å². The van der Waals surface area contributed by atoms with Crippen LogP contribution in [0.4, 0.5) is 5.69 Å². The Morgan fingerprint density at radius 2 is 2.19 bits per heavy atom. The standard InChI is InChI=1S/C10H15BN2O3/c12-6-2-5-10(14)13-9-4-1-3-8(7-9)11(15)16/h1,3-4,7,15-16H,2,5-6,12H2,(H,13,14). The number of hydrogen-bond acceptors (Lipinski definition) is 4. The number of benzene rings is 1. The van der Waals surface area contributed by atoms with E-state index in [9.17, 15) is 4.79 Å². The molecule has 5 nitrogen and oxygen atoms in total. The molecular weight excluding hydrogens is 207 g/mol. The molecule has 0 fully saturated rings. The number of carbonyl (C=O) groups excluding carboxylic acids is 1. The molecule has 1 rings (SSSR count). The van der Waals surface area contributed by atoms with Gasteiger partial charge in [0.25, 0.3) is 0 Å². The Labute approximate surface area is 94.4 Å². The van der Waals surface area contributed by atoms with Crippen molar-refractivity contribution in [1.82, 2.24) is 0 Å². The molecule has 0 bridgehead atoms. The van der Waals surface area contributed by atoms with Gasteiger partial charge in [0.15, 0.2) is 0 Å². The molecular formula is C10H15BN2O3. The number of nitrogens with one attached hydrogen (secondary N) is 1. The predicted octanol–water partition coefficient (Wildman–Crippen LogP) is -0.956. The first-order chi connectivity index (χ1) is 7.63. The zero-order chi connectivity index (χ0) is 12.0. The maximum absolute atomic E-state index is 11.4. The summed E-state index contributed by atoms with van der Waals surface area (Å²) in [5.41, 5.74) is 6.18. The average molecular weight is 222 g/mol. The van der Waals surface area contributed by atoms with E-state index in [0.29, 0.717) is 30.5 Å². The van der Waals surface area contributed by atoms with Crippen LogP contribution >= 0.6 is 0 Å². The summed E-state index contributed by atoms with van der Waals surface area (Å²) in [4.78, 5) is 11.4. The number of amides is 1. The molecule has 0 unspecified atom stereocenters. The summed E-state index contributed by atoms with van der Waals surface area (Å²) in [6.07, 6.45) is 0.997.